The third-order valence-electron chi connectivity index (χ3n) is 2.92. The van der Waals surface area contributed by atoms with Crippen LogP contribution in [0.25, 0.3) is 0 Å². The van der Waals surface area contributed by atoms with Gasteiger partial charge in [0.15, 0.2) is 0 Å². The summed E-state index contributed by atoms with van der Waals surface area (Å²) in [7, 11) is 0. The van der Waals surface area contributed by atoms with Gasteiger partial charge in [-0.2, -0.15) is 0 Å². The Morgan fingerprint density at radius 1 is 1.56 bits per heavy atom. The third kappa shape index (κ3) is 2.39. The predicted octanol–water partition coefficient (Wildman–Crippen LogP) is 0.840. The van der Waals surface area contributed by atoms with E-state index >= 15 is 0 Å². The second-order valence-electron chi connectivity index (χ2n) is 4.32. The second kappa shape index (κ2) is 4.61. The highest BCUT2D eigenvalue weighted by Gasteiger charge is 2.25. The highest BCUT2D eigenvalue weighted by molar-refractivity contribution is 5.82. The van der Waals surface area contributed by atoms with Crippen molar-refractivity contribution in [3.05, 3.63) is 29.6 Å². The maximum Gasteiger partial charge on any atom is 0.239 e. The topological polar surface area (TPSA) is 59.2 Å². The quantitative estimate of drug-likeness (QED) is 0.801. The van der Waals surface area contributed by atoms with Crippen molar-refractivity contribution in [3.8, 4) is 0 Å². The predicted molar refractivity (Wildman–Crippen MR) is 61.6 cm³/mol. The van der Waals surface area contributed by atoms with Gasteiger partial charge in [0, 0.05) is 25.0 Å². The molecule has 1 fully saturated rings. The van der Waals surface area contributed by atoms with Crippen LogP contribution in [0.5, 0.6) is 0 Å². The normalized spacial score (nSPS) is 21.2. The minimum Gasteiger partial charge on any atom is -0.337 e. The smallest absolute Gasteiger partial charge is 0.239 e. The lowest BCUT2D eigenvalue weighted by molar-refractivity contribution is -0.135. The minimum atomic E-state index is -0.313. The first-order chi connectivity index (χ1) is 7.66. The van der Waals surface area contributed by atoms with Crippen LogP contribution in [0.2, 0.25) is 0 Å². The lowest BCUT2D eigenvalue weighted by atomic mass is 10.1. The van der Waals surface area contributed by atoms with Gasteiger partial charge < -0.3 is 10.6 Å². The van der Waals surface area contributed by atoms with E-state index in [-0.39, 0.29) is 11.9 Å². The van der Waals surface area contributed by atoms with Crippen LogP contribution in [0.15, 0.2) is 18.3 Å². The van der Waals surface area contributed by atoms with Crippen LogP contribution < -0.4 is 5.73 Å². The summed E-state index contributed by atoms with van der Waals surface area (Å²) in [6.45, 7) is 3.38. The zero-order valence-electron chi connectivity index (χ0n) is 9.52. The van der Waals surface area contributed by atoms with Gasteiger partial charge in [-0.25, -0.2) is 0 Å². The molecule has 1 atom stereocenters. The first-order valence-corrected chi connectivity index (χ1v) is 5.63. The summed E-state index contributed by atoms with van der Waals surface area (Å²) in [6.07, 6.45) is 3.62. The molecule has 2 rings (SSSR count). The van der Waals surface area contributed by atoms with Crippen molar-refractivity contribution in [1.82, 2.24) is 9.88 Å². The van der Waals surface area contributed by atoms with E-state index in [1.807, 2.05) is 30.2 Å². The van der Waals surface area contributed by atoms with Gasteiger partial charge in [-0.15, -0.1) is 0 Å². The molecule has 1 amide bonds. The molecular formula is C12H17N3O. The van der Waals surface area contributed by atoms with Crippen molar-refractivity contribution in [1.29, 1.82) is 0 Å². The highest BCUT2D eigenvalue weighted by Crippen LogP contribution is 2.13. The Bertz CT molecular complexity index is 374. The van der Waals surface area contributed by atoms with Crippen molar-refractivity contribution < 1.29 is 4.79 Å². The average molecular weight is 219 g/mol. The number of carbonyl (C=O) groups is 1. The number of nitrogens with two attached hydrogens (primary N) is 1. The maximum atomic E-state index is 11.8. The van der Waals surface area contributed by atoms with Crippen LogP contribution in [0.1, 0.15) is 24.1 Å². The molecule has 0 spiro atoms. The van der Waals surface area contributed by atoms with Crippen LogP contribution in [0.3, 0.4) is 0 Å². The molecule has 1 unspecified atom stereocenters. The van der Waals surface area contributed by atoms with Gasteiger partial charge in [0.2, 0.25) is 5.91 Å². The monoisotopic (exact) mass is 219 g/mol. The summed E-state index contributed by atoms with van der Waals surface area (Å²) in [5.41, 5.74) is 7.79. The zero-order valence-corrected chi connectivity index (χ0v) is 9.52. The van der Waals surface area contributed by atoms with Crippen LogP contribution in [-0.2, 0) is 11.3 Å². The molecule has 1 saturated heterocycles. The Labute approximate surface area is 95.5 Å². The van der Waals surface area contributed by atoms with Gasteiger partial charge in [-0.3, -0.25) is 9.78 Å². The van der Waals surface area contributed by atoms with Gasteiger partial charge in [0.25, 0.3) is 0 Å². The molecule has 0 aromatic carbocycles. The molecule has 0 aliphatic carbocycles. The number of rotatable bonds is 2. The lowest BCUT2D eigenvalue weighted by Crippen LogP contribution is -2.47. The summed E-state index contributed by atoms with van der Waals surface area (Å²) < 4.78 is 0. The molecule has 16 heavy (non-hydrogen) atoms. The van der Waals surface area contributed by atoms with Crippen molar-refractivity contribution >= 4 is 5.91 Å². The lowest BCUT2D eigenvalue weighted by Gasteiger charge is -2.30. The standard InChI is InChI=1S/C12H17N3O/c1-9-4-5-10(7-14-9)8-15-6-2-3-11(13)12(15)16/h4-5,7,11H,2-3,6,8,13H2,1H3. The summed E-state index contributed by atoms with van der Waals surface area (Å²) in [6, 6.07) is 3.66. The molecule has 1 aliphatic heterocycles. The molecule has 4 nitrogen and oxygen atoms in total. The second-order valence-corrected chi connectivity index (χ2v) is 4.32. The van der Waals surface area contributed by atoms with Crippen molar-refractivity contribution in [3.63, 3.8) is 0 Å². The number of piperidine rings is 1. The Morgan fingerprint density at radius 3 is 3.06 bits per heavy atom. The molecule has 0 bridgehead atoms. The number of pyridine rings is 1. The van der Waals surface area contributed by atoms with Gasteiger partial charge in [0.1, 0.15) is 0 Å². The molecule has 0 radical (unpaired) electrons. The van der Waals surface area contributed by atoms with E-state index in [0.29, 0.717) is 6.54 Å². The molecule has 2 N–H and O–H groups in total. The van der Waals surface area contributed by atoms with Crippen LogP contribution >= 0.6 is 0 Å². The number of hydrogen-bond donors (Lipinski definition) is 1. The fourth-order valence-corrected chi connectivity index (χ4v) is 1.94. The Kier molecular flexibility index (Phi) is 3.19. The molecular weight excluding hydrogens is 202 g/mol. The number of likely N-dealkylation sites (tertiary alicyclic amines) is 1. The summed E-state index contributed by atoms with van der Waals surface area (Å²) in [5.74, 6) is 0.0619. The molecule has 0 saturated carbocycles. The number of nitrogens with zero attached hydrogens (tertiary/aromatic N) is 2. The molecule has 1 aromatic rings. The van der Waals surface area contributed by atoms with E-state index < -0.39 is 0 Å². The van der Waals surface area contributed by atoms with Gasteiger partial charge in [-0.1, -0.05) is 6.07 Å². The average Bonchev–Trinajstić information content (AvgIpc) is 2.28. The van der Waals surface area contributed by atoms with Crippen molar-refractivity contribution in [2.75, 3.05) is 6.54 Å². The SMILES string of the molecule is Cc1ccc(CN2CCCC(N)C2=O)cn1. The fourth-order valence-electron chi connectivity index (χ4n) is 1.94. The van der Waals surface area contributed by atoms with Crippen LogP contribution in [-0.4, -0.2) is 28.4 Å². The van der Waals surface area contributed by atoms with Crippen molar-refractivity contribution in [2.45, 2.75) is 32.4 Å². The van der Waals surface area contributed by atoms with Crippen molar-refractivity contribution in [2.24, 2.45) is 5.73 Å². The molecule has 4 heteroatoms. The van der Waals surface area contributed by atoms with E-state index in [0.717, 1.165) is 30.6 Å². The van der Waals surface area contributed by atoms with Gasteiger partial charge >= 0.3 is 0 Å². The molecule has 1 aliphatic rings. The number of hydrogen-bond acceptors (Lipinski definition) is 3. The molecule has 86 valence electrons. The first-order valence-electron chi connectivity index (χ1n) is 5.63. The van der Waals surface area contributed by atoms with E-state index in [1.165, 1.54) is 0 Å². The Hall–Kier alpha value is -1.42. The maximum absolute atomic E-state index is 11.8. The fraction of sp³-hybridized carbons (Fsp3) is 0.500. The summed E-state index contributed by atoms with van der Waals surface area (Å²) in [4.78, 5) is 17.8. The van der Waals surface area contributed by atoms with Gasteiger partial charge in [-0.05, 0) is 31.4 Å². The molecule has 1 aromatic heterocycles. The van der Waals surface area contributed by atoms with E-state index in [2.05, 4.69) is 4.98 Å². The minimum absolute atomic E-state index is 0.0619. The number of aryl methyl sites for hydroxylation is 1. The number of carbonyl (C=O) groups excluding carboxylic acids is 1. The highest BCUT2D eigenvalue weighted by atomic mass is 16.2. The van der Waals surface area contributed by atoms with Gasteiger partial charge in [0.05, 0.1) is 6.04 Å². The van der Waals surface area contributed by atoms with E-state index in [4.69, 9.17) is 5.73 Å². The molecule has 2 heterocycles. The summed E-state index contributed by atoms with van der Waals surface area (Å²) in [5, 5.41) is 0. The largest absolute Gasteiger partial charge is 0.337 e. The third-order valence-corrected chi connectivity index (χ3v) is 2.92. The van der Waals surface area contributed by atoms with Crippen LogP contribution in [0, 0.1) is 6.92 Å². The number of aromatic nitrogens is 1. The number of amides is 1. The Balaban J connectivity index is 2.03. The summed E-state index contributed by atoms with van der Waals surface area (Å²) >= 11 is 0. The first kappa shape index (κ1) is 11.1. The van der Waals surface area contributed by atoms with Crippen LogP contribution in [0.4, 0.5) is 0 Å². The zero-order chi connectivity index (χ0) is 11.5. The Morgan fingerprint density at radius 2 is 2.38 bits per heavy atom. The van der Waals surface area contributed by atoms with E-state index in [9.17, 15) is 4.79 Å². The van der Waals surface area contributed by atoms with E-state index in [1.54, 1.807) is 0 Å².